The van der Waals surface area contributed by atoms with Crippen molar-refractivity contribution in [2.45, 2.75) is 0 Å². The molecule has 0 aliphatic heterocycles. The first-order valence-electron chi connectivity index (χ1n) is 6.95. The smallest absolute Gasteiger partial charge is 0.356 e. The van der Waals surface area contributed by atoms with Crippen molar-refractivity contribution < 1.29 is 14.7 Å². The molecule has 0 radical (unpaired) electrons. The summed E-state index contributed by atoms with van der Waals surface area (Å²) < 4.78 is 1.77. The Morgan fingerprint density at radius 1 is 1.00 bits per heavy atom. The van der Waals surface area contributed by atoms with Crippen LogP contribution in [0.3, 0.4) is 0 Å². The second-order valence-corrected chi connectivity index (χ2v) is 5.70. The Morgan fingerprint density at radius 2 is 1.64 bits per heavy atom. The minimum atomic E-state index is -1.36. The maximum atomic E-state index is 12.3. The largest absolute Gasteiger partial charge is 0.476 e. The number of nitrogens with zero attached hydrogens (tertiary/aromatic N) is 3. The number of aromatic carboxylic acids is 1. The molecule has 2 N–H and O–H groups in total. The number of hydrogen-bond acceptors (Lipinski definition) is 4. The van der Waals surface area contributed by atoms with Crippen LogP contribution >= 0.6 is 23.2 Å². The fourth-order valence-electron chi connectivity index (χ4n) is 2.17. The van der Waals surface area contributed by atoms with Crippen molar-refractivity contribution in [3.8, 4) is 5.69 Å². The number of aromatic nitrogens is 3. The lowest BCUT2D eigenvalue weighted by Crippen LogP contribution is -2.19. The number of carbonyl (C=O) groups is 2. The molecule has 3 aromatic rings. The van der Waals surface area contributed by atoms with E-state index in [4.69, 9.17) is 28.3 Å². The van der Waals surface area contributed by atoms with E-state index in [9.17, 15) is 9.59 Å². The first kappa shape index (κ1) is 16.9. The highest BCUT2D eigenvalue weighted by atomic mass is 35.5. The van der Waals surface area contributed by atoms with Gasteiger partial charge in [-0.3, -0.25) is 4.79 Å². The molecule has 0 saturated heterocycles. The number of carboxylic acids is 1. The van der Waals surface area contributed by atoms with Gasteiger partial charge < -0.3 is 15.0 Å². The molecule has 0 bridgehead atoms. The zero-order chi connectivity index (χ0) is 18.0. The van der Waals surface area contributed by atoms with Crippen LogP contribution in [0.5, 0.6) is 0 Å². The molecule has 1 aromatic carbocycles. The molecule has 0 spiro atoms. The zero-order valence-electron chi connectivity index (χ0n) is 12.5. The van der Waals surface area contributed by atoms with Crippen LogP contribution < -0.4 is 5.32 Å². The third-order valence-electron chi connectivity index (χ3n) is 3.28. The molecule has 0 aliphatic rings. The normalized spacial score (nSPS) is 10.5. The van der Waals surface area contributed by atoms with Gasteiger partial charge in [0.05, 0.1) is 21.4 Å². The third kappa shape index (κ3) is 3.47. The van der Waals surface area contributed by atoms with Crippen molar-refractivity contribution in [2.24, 2.45) is 0 Å². The summed E-state index contributed by atoms with van der Waals surface area (Å²) in [7, 11) is 0. The first-order chi connectivity index (χ1) is 12.0. The van der Waals surface area contributed by atoms with Crippen molar-refractivity contribution >= 4 is 40.8 Å². The van der Waals surface area contributed by atoms with Gasteiger partial charge in [0.15, 0.2) is 11.4 Å². The van der Waals surface area contributed by atoms with Crippen LogP contribution in [0.4, 0.5) is 5.69 Å². The lowest BCUT2D eigenvalue weighted by Gasteiger charge is -2.12. The van der Waals surface area contributed by atoms with Gasteiger partial charge in [0.1, 0.15) is 0 Å². The SMILES string of the molecule is O=C(O)c1nccnc1C(=O)Nc1cc(Cl)c(-n2cccc2)cc1Cl. The Morgan fingerprint density at radius 3 is 2.28 bits per heavy atom. The van der Waals surface area contributed by atoms with Gasteiger partial charge in [-0.1, -0.05) is 23.2 Å². The Bertz CT molecular complexity index is 958. The number of halogens is 2. The molecule has 25 heavy (non-hydrogen) atoms. The second-order valence-electron chi connectivity index (χ2n) is 4.89. The third-order valence-corrected chi connectivity index (χ3v) is 3.90. The highest BCUT2D eigenvalue weighted by Gasteiger charge is 2.20. The maximum absolute atomic E-state index is 12.3. The predicted molar refractivity (Wildman–Crippen MR) is 92.7 cm³/mol. The predicted octanol–water partition coefficient (Wildman–Crippen LogP) is 3.52. The lowest BCUT2D eigenvalue weighted by molar-refractivity contribution is 0.0685. The molecular weight excluding hydrogens is 367 g/mol. The van der Waals surface area contributed by atoms with Crippen LogP contribution in [0, 0.1) is 0 Å². The van der Waals surface area contributed by atoms with Crippen molar-refractivity contribution in [1.29, 1.82) is 0 Å². The number of rotatable bonds is 4. The van der Waals surface area contributed by atoms with Gasteiger partial charge >= 0.3 is 5.97 Å². The summed E-state index contributed by atoms with van der Waals surface area (Å²) in [5, 5.41) is 12.2. The molecule has 0 aliphatic carbocycles. The molecule has 126 valence electrons. The minimum Gasteiger partial charge on any atom is -0.476 e. The van der Waals surface area contributed by atoms with Gasteiger partial charge in [0.25, 0.3) is 5.91 Å². The summed E-state index contributed by atoms with van der Waals surface area (Å²) in [5.41, 5.74) is 0.0952. The van der Waals surface area contributed by atoms with E-state index in [1.165, 1.54) is 18.5 Å². The maximum Gasteiger partial charge on any atom is 0.356 e. The van der Waals surface area contributed by atoms with Gasteiger partial charge in [-0.05, 0) is 24.3 Å². The number of nitrogens with one attached hydrogen (secondary N) is 1. The van der Waals surface area contributed by atoms with Crippen LogP contribution in [-0.2, 0) is 0 Å². The molecule has 0 fully saturated rings. The number of carbonyl (C=O) groups excluding carboxylic acids is 1. The summed E-state index contributed by atoms with van der Waals surface area (Å²) in [6.45, 7) is 0. The first-order valence-corrected chi connectivity index (χ1v) is 7.71. The summed E-state index contributed by atoms with van der Waals surface area (Å²) in [6, 6.07) is 6.74. The fraction of sp³-hybridized carbons (Fsp3) is 0. The molecule has 0 unspecified atom stereocenters. The van der Waals surface area contributed by atoms with Crippen LogP contribution in [0.2, 0.25) is 10.0 Å². The van der Waals surface area contributed by atoms with Gasteiger partial charge in [-0.2, -0.15) is 0 Å². The van der Waals surface area contributed by atoms with E-state index < -0.39 is 17.6 Å². The molecule has 0 atom stereocenters. The van der Waals surface area contributed by atoms with E-state index in [-0.39, 0.29) is 16.4 Å². The molecule has 0 saturated carbocycles. The summed E-state index contributed by atoms with van der Waals surface area (Å²) >= 11 is 12.5. The quantitative estimate of drug-likeness (QED) is 0.725. The highest BCUT2D eigenvalue weighted by molar-refractivity contribution is 6.37. The molecule has 9 heteroatoms. The topological polar surface area (TPSA) is 97.1 Å². The monoisotopic (exact) mass is 376 g/mol. The Kier molecular flexibility index (Phi) is 4.69. The van der Waals surface area contributed by atoms with E-state index >= 15 is 0 Å². The fourth-order valence-corrected chi connectivity index (χ4v) is 2.63. The lowest BCUT2D eigenvalue weighted by atomic mass is 10.2. The van der Waals surface area contributed by atoms with Crippen molar-refractivity contribution in [1.82, 2.24) is 14.5 Å². The minimum absolute atomic E-state index is 0.231. The van der Waals surface area contributed by atoms with Gasteiger partial charge in [-0.15, -0.1) is 0 Å². The van der Waals surface area contributed by atoms with Crippen molar-refractivity contribution in [2.75, 3.05) is 5.32 Å². The standard InChI is InChI=1S/C16H10Cl2N4O3/c17-9-8-12(22-5-1-2-6-22)10(18)7-11(9)21-15(23)13-14(16(24)25)20-4-3-19-13/h1-8H,(H,21,23)(H,24,25). The van der Waals surface area contributed by atoms with Crippen molar-refractivity contribution in [3.63, 3.8) is 0 Å². The average Bonchev–Trinajstić information content (AvgIpc) is 3.12. The van der Waals surface area contributed by atoms with Crippen LogP contribution in [0.15, 0.2) is 49.1 Å². The molecule has 1 amide bonds. The summed E-state index contributed by atoms with van der Waals surface area (Å²) in [6.07, 6.45) is 6.02. The van der Waals surface area contributed by atoms with Gasteiger partial charge in [0, 0.05) is 24.8 Å². The number of benzene rings is 1. The van der Waals surface area contributed by atoms with E-state index in [0.29, 0.717) is 10.7 Å². The highest BCUT2D eigenvalue weighted by Crippen LogP contribution is 2.32. The zero-order valence-corrected chi connectivity index (χ0v) is 14.0. The second kappa shape index (κ2) is 6.92. The van der Waals surface area contributed by atoms with E-state index in [2.05, 4.69) is 15.3 Å². The van der Waals surface area contributed by atoms with Crippen LogP contribution in [0.25, 0.3) is 5.69 Å². The number of hydrogen-bond donors (Lipinski definition) is 2. The summed E-state index contributed by atoms with van der Waals surface area (Å²) in [4.78, 5) is 30.9. The van der Waals surface area contributed by atoms with E-state index in [1.807, 2.05) is 12.1 Å². The average molecular weight is 377 g/mol. The Hall–Kier alpha value is -2.90. The number of carboxylic acid groups (broad SMARTS) is 1. The Labute approximate surface area is 151 Å². The number of anilines is 1. The van der Waals surface area contributed by atoms with E-state index in [0.717, 1.165) is 0 Å². The van der Waals surface area contributed by atoms with Crippen LogP contribution in [-0.4, -0.2) is 31.5 Å². The Balaban J connectivity index is 1.93. The molecular formula is C16H10Cl2N4O3. The van der Waals surface area contributed by atoms with Gasteiger partial charge in [0.2, 0.25) is 0 Å². The van der Waals surface area contributed by atoms with Crippen LogP contribution in [0.1, 0.15) is 21.0 Å². The number of amides is 1. The molecule has 2 aromatic heterocycles. The molecule has 7 nitrogen and oxygen atoms in total. The van der Waals surface area contributed by atoms with Crippen molar-refractivity contribution in [3.05, 3.63) is 70.5 Å². The van der Waals surface area contributed by atoms with Gasteiger partial charge in [-0.25, -0.2) is 14.8 Å². The molecule has 3 rings (SSSR count). The van der Waals surface area contributed by atoms with E-state index in [1.54, 1.807) is 23.0 Å². The summed E-state index contributed by atoms with van der Waals surface area (Å²) in [5.74, 6) is -2.11. The molecule has 2 heterocycles.